The van der Waals surface area contributed by atoms with Crippen LogP contribution in [-0.2, 0) is 15.6 Å². The summed E-state index contributed by atoms with van der Waals surface area (Å²) in [4.78, 5) is 13.5. The van der Waals surface area contributed by atoms with Gasteiger partial charge in [0.1, 0.15) is 5.76 Å². The Bertz CT molecular complexity index is 1050. The minimum Gasteiger partial charge on any atom is -0.466 e. The van der Waals surface area contributed by atoms with Gasteiger partial charge in [-0.15, -0.1) is 11.3 Å². The quantitative estimate of drug-likeness (QED) is 0.581. The van der Waals surface area contributed by atoms with Gasteiger partial charge in [0.05, 0.1) is 17.7 Å². The van der Waals surface area contributed by atoms with Crippen LogP contribution in [0.25, 0.3) is 0 Å². The van der Waals surface area contributed by atoms with Crippen LogP contribution in [0.3, 0.4) is 0 Å². The summed E-state index contributed by atoms with van der Waals surface area (Å²) in [5.41, 5.74) is -1.19. The minimum absolute atomic E-state index is 0.0896. The molecule has 0 aliphatic carbocycles. The molecule has 1 aliphatic heterocycles. The third kappa shape index (κ3) is 3.93. The molecule has 1 aromatic carbocycles. The van der Waals surface area contributed by atoms with E-state index in [2.05, 4.69) is 5.32 Å². The number of thiophene rings is 1. The normalized spacial score (nSPS) is 17.0. The van der Waals surface area contributed by atoms with E-state index >= 15 is 0 Å². The number of carbonyl (C=O) groups excluding carboxylic acids is 1. The van der Waals surface area contributed by atoms with Crippen LogP contribution in [0.2, 0.25) is 0 Å². The van der Waals surface area contributed by atoms with Crippen LogP contribution >= 0.6 is 11.3 Å². The van der Waals surface area contributed by atoms with E-state index in [1.165, 1.54) is 46.2 Å². The van der Waals surface area contributed by atoms with Gasteiger partial charge in [0.2, 0.25) is 10.0 Å². The van der Waals surface area contributed by atoms with Gasteiger partial charge in [0.15, 0.2) is 5.60 Å². The zero-order valence-corrected chi connectivity index (χ0v) is 17.8. The van der Waals surface area contributed by atoms with E-state index in [1.54, 1.807) is 18.2 Å². The molecule has 0 spiro atoms. The zero-order chi connectivity index (χ0) is 21.2. The Kier molecular flexibility index (Phi) is 5.79. The summed E-state index contributed by atoms with van der Waals surface area (Å²) in [7, 11) is -3.53. The Balaban J connectivity index is 1.48. The minimum atomic E-state index is -3.53. The maximum absolute atomic E-state index is 12.6. The Morgan fingerprint density at radius 2 is 1.87 bits per heavy atom. The van der Waals surface area contributed by atoms with E-state index in [0.717, 1.165) is 12.8 Å². The van der Waals surface area contributed by atoms with Crippen LogP contribution < -0.4 is 5.32 Å². The first-order chi connectivity index (χ1) is 14.4. The van der Waals surface area contributed by atoms with Crippen molar-refractivity contribution in [3.05, 3.63) is 76.4 Å². The maximum atomic E-state index is 12.6. The van der Waals surface area contributed by atoms with Crippen molar-refractivity contribution >= 4 is 27.3 Å². The molecule has 2 aromatic heterocycles. The fraction of sp³-hybridized carbons (Fsp3) is 0.286. The Morgan fingerprint density at radius 3 is 2.47 bits per heavy atom. The van der Waals surface area contributed by atoms with Crippen LogP contribution in [-0.4, -0.2) is 43.4 Å². The number of carbonyl (C=O) groups is 1. The van der Waals surface area contributed by atoms with Crippen molar-refractivity contribution in [1.29, 1.82) is 0 Å². The number of aliphatic hydroxyl groups is 1. The molecule has 2 N–H and O–H groups in total. The Hall–Kier alpha value is -2.46. The number of sulfonamides is 1. The monoisotopic (exact) mass is 446 g/mol. The zero-order valence-electron chi connectivity index (χ0n) is 16.2. The SMILES string of the molecule is O=C(NCC(O)(c1ccco1)c1cccs1)c1ccc(S(=O)(=O)N2CCCC2)cc1. The first-order valence-electron chi connectivity index (χ1n) is 9.60. The standard InChI is InChI=1S/C21H22N2O5S2/c24-20(16-7-9-17(10-8-16)30(26,27)23-11-1-2-12-23)22-15-21(25,18-5-3-13-28-18)19-6-4-14-29-19/h3-10,13-14,25H,1-2,11-12,15H2,(H,22,24). The number of benzene rings is 1. The van der Waals surface area contributed by atoms with E-state index in [9.17, 15) is 18.3 Å². The highest BCUT2D eigenvalue weighted by molar-refractivity contribution is 7.89. The molecule has 1 aliphatic rings. The lowest BCUT2D eigenvalue weighted by atomic mass is 9.98. The molecule has 3 aromatic rings. The first-order valence-corrected chi connectivity index (χ1v) is 11.9. The molecule has 0 saturated carbocycles. The van der Waals surface area contributed by atoms with Gasteiger partial charge in [0.25, 0.3) is 5.91 Å². The van der Waals surface area contributed by atoms with Gasteiger partial charge in [-0.05, 0) is 60.7 Å². The van der Waals surface area contributed by atoms with Gasteiger partial charge in [-0.3, -0.25) is 4.79 Å². The molecular weight excluding hydrogens is 424 g/mol. The molecular formula is C21H22N2O5S2. The molecule has 158 valence electrons. The highest BCUT2D eigenvalue weighted by Gasteiger charge is 2.36. The predicted molar refractivity (Wildman–Crippen MR) is 113 cm³/mol. The average Bonchev–Trinajstić information content (AvgIpc) is 3.54. The molecule has 1 saturated heterocycles. The summed E-state index contributed by atoms with van der Waals surface area (Å²) in [6.07, 6.45) is 3.19. The van der Waals surface area contributed by atoms with Crippen molar-refractivity contribution in [3.63, 3.8) is 0 Å². The van der Waals surface area contributed by atoms with Gasteiger partial charge < -0.3 is 14.8 Å². The second-order valence-electron chi connectivity index (χ2n) is 7.13. The Labute approximate surface area is 179 Å². The van der Waals surface area contributed by atoms with Crippen molar-refractivity contribution in [3.8, 4) is 0 Å². The number of nitrogens with zero attached hydrogens (tertiary/aromatic N) is 1. The summed E-state index contributed by atoms with van der Waals surface area (Å²) in [6, 6.07) is 12.8. The molecule has 1 amide bonds. The number of hydrogen-bond donors (Lipinski definition) is 2. The van der Waals surface area contributed by atoms with Crippen LogP contribution in [0, 0.1) is 0 Å². The number of hydrogen-bond acceptors (Lipinski definition) is 6. The molecule has 1 atom stereocenters. The summed E-state index contributed by atoms with van der Waals surface area (Å²) >= 11 is 1.36. The highest BCUT2D eigenvalue weighted by Crippen LogP contribution is 2.32. The first kappa shape index (κ1) is 20.8. The third-order valence-corrected chi connectivity index (χ3v) is 8.12. The lowest BCUT2D eigenvalue weighted by Gasteiger charge is -2.25. The highest BCUT2D eigenvalue weighted by atomic mass is 32.2. The third-order valence-electron chi connectivity index (χ3n) is 5.18. The number of amides is 1. The van der Waals surface area contributed by atoms with Crippen LogP contribution in [0.1, 0.15) is 33.8 Å². The fourth-order valence-electron chi connectivity index (χ4n) is 3.49. The summed E-state index contributed by atoms with van der Waals surface area (Å²) in [5.74, 6) is -0.0843. The Morgan fingerprint density at radius 1 is 1.13 bits per heavy atom. The molecule has 9 heteroatoms. The van der Waals surface area contributed by atoms with E-state index in [-0.39, 0.29) is 11.4 Å². The summed E-state index contributed by atoms with van der Waals surface area (Å²) in [5, 5.41) is 15.8. The molecule has 3 heterocycles. The number of rotatable bonds is 7. The summed E-state index contributed by atoms with van der Waals surface area (Å²) in [6.45, 7) is 0.963. The van der Waals surface area contributed by atoms with Crippen molar-refractivity contribution in [2.24, 2.45) is 0 Å². The van der Waals surface area contributed by atoms with Gasteiger partial charge in [-0.1, -0.05) is 6.07 Å². The second-order valence-corrected chi connectivity index (χ2v) is 10.0. The smallest absolute Gasteiger partial charge is 0.251 e. The van der Waals surface area contributed by atoms with Gasteiger partial charge in [-0.25, -0.2) is 8.42 Å². The summed E-state index contributed by atoms with van der Waals surface area (Å²) < 4.78 is 32.1. The molecule has 4 rings (SSSR count). The number of furan rings is 1. The average molecular weight is 447 g/mol. The largest absolute Gasteiger partial charge is 0.466 e. The van der Waals surface area contributed by atoms with E-state index in [1.807, 2.05) is 11.4 Å². The van der Waals surface area contributed by atoms with Crippen molar-refractivity contribution in [1.82, 2.24) is 9.62 Å². The van der Waals surface area contributed by atoms with Crippen LogP contribution in [0.4, 0.5) is 0 Å². The number of nitrogens with one attached hydrogen (secondary N) is 1. The van der Waals surface area contributed by atoms with E-state index < -0.39 is 21.5 Å². The van der Waals surface area contributed by atoms with E-state index in [4.69, 9.17) is 4.42 Å². The molecule has 0 radical (unpaired) electrons. The maximum Gasteiger partial charge on any atom is 0.251 e. The van der Waals surface area contributed by atoms with Gasteiger partial charge in [0, 0.05) is 23.5 Å². The van der Waals surface area contributed by atoms with Crippen molar-refractivity contribution in [2.45, 2.75) is 23.3 Å². The molecule has 30 heavy (non-hydrogen) atoms. The van der Waals surface area contributed by atoms with Crippen LogP contribution in [0.5, 0.6) is 0 Å². The second kappa shape index (κ2) is 8.35. The van der Waals surface area contributed by atoms with Gasteiger partial charge >= 0.3 is 0 Å². The van der Waals surface area contributed by atoms with Crippen LogP contribution in [0.15, 0.2) is 69.5 Å². The van der Waals surface area contributed by atoms with Crippen molar-refractivity contribution < 1.29 is 22.7 Å². The lowest BCUT2D eigenvalue weighted by Crippen LogP contribution is -2.41. The molecule has 0 bridgehead atoms. The molecule has 1 fully saturated rings. The van der Waals surface area contributed by atoms with E-state index in [0.29, 0.717) is 29.3 Å². The molecule has 7 nitrogen and oxygen atoms in total. The van der Waals surface area contributed by atoms with Gasteiger partial charge in [-0.2, -0.15) is 4.31 Å². The fourth-order valence-corrected chi connectivity index (χ4v) is 5.84. The predicted octanol–water partition coefficient (Wildman–Crippen LogP) is 2.79. The van der Waals surface area contributed by atoms with Crippen molar-refractivity contribution in [2.75, 3.05) is 19.6 Å². The molecule has 1 unspecified atom stereocenters. The topological polar surface area (TPSA) is 99.8 Å². The lowest BCUT2D eigenvalue weighted by molar-refractivity contribution is 0.0554.